The molecule has 0 spiro atoms. The van der Waals surface area contributed by atoms with Crippen LogP contribution in [0.2, 0.25) is 0 Å². The molecule has 0 saturated carbocycles. The van der Waals surface area contributed by atoms with E-state index < -0.39 is 0 Å². The summed E-state index contributed by atoms with van der Waals surface area (Å²) in [4.78, 5) is 12.7. The fraction of sp³-hybridized carbons (Fsp3) is 0.552. The van der Waals surface area contributed by atoms with Crippen molar-refractivity contribution in [2.75, 3.05) is 0 Å². The van der Waals surface area contributed by atoms with Crippen molar-refractivity contribution in [1.82, 2.24) is 0 Å². The summed E-state index contributed by atoms with van der Waals surface area (Å²) < 4.78 is 11.8. The molecule has 33 heavy (non-hydrogen) atoms. The molecule has 1 aromatic carbocycles. The van der Waals surface area contributed by atoms with E-state index in [1.54, 1.807) is 0 Å². The lowest BCUT2D eigenvalue weighted by atomic mass is 9.73. The maximum atomic E-state index is 11.8. The van der Waals surface area contributed by atoms with Gasteiger partial charge in [-0.15, -0.1) is 0 Å². The molecule has 0 unspecified atom stereocenters. The molecule has 0 atom stereocenters. The molecule has 0 bridgehead atoms. The van der Waals surface area contributed by atoms with Gasteiger partial charge in [-0.05, 0) is 74.8 Å². The van der Waals surface area contributed by atoms with Gasteiger partial charge in [0.2, 0.25) is 0 Å². The highest BCUT2D eigenvalue weighted by atomic mass is 32.1. The van der Waals surface area contributed by atoms with Crippen LogP contribution in [0.25, 0.3) is 0 Å². The van der Waals surface area contributed by atoms with Crippen molar-refractivity contribution >= 4 is 17.3 Å². The molecule has 3 rings (SSSR count). The topological polar surface area (TPSA) is 35.5 Å². The van der Waals surface area contributed by atoms with Gasteiger partial charge in [0.1, 0.15) is 11.4 Å². The SMILES string of the molecule is CCCCCCc1cc2c(cc1C#Cc1ccc(OC(=O)CCC)s1)C(C)(C)CC(C)(C)O2. The van der Waals surface area contributed by atoms with Gasteiger partial charge in [-0.25, -0.2) is 0 Å². The van der Waals surface area contributed by atoms with Crippen molar-refractivity contribution in [2.24, 2.45) is 0 Å². The maximum absolute atomic E-state index is 11.8. The largest absolute Gasteiger partial charge is 0.488 e. The zero-order valence-corrected chi connectivity index (χ0v) is 21.9. The van der Waals surface area contributed by atoms with Crippen molar-refractivity contribution in [3.8, 4) is 22.7 Å². The Hall–Kier alpha value is -2.25. The minimum absolute atomic E-state index is 0.0256. The highest BCUT2D eigenvalue weighted by molar-refractivity contribution is 7.14. The highest BCUT2D eigenvalue weighted by Gasteiger charge is 2.39. The summed E-state index contributed by atoms with van der Waals surface area (Å²) in [6.45, 7) is 13.2. The second kappa shape index (κ2) is 10.8. The molecule has 0 aliphatic carbocycles. The first-order chi connectivity index (χ1) is 15.6. The Labute approximate surface area is 203 Å². The number of ether oxygens (including phenoxy) is 2. The normalized spacial score (nSPS) is 15.7. The van der Waals surface area contributed by atoms with Gasteiger partial charge >= 0.3 is 5.97 Å². The first-order valence-electron chi connectivity index (χ1n) is 12.3. The van der Waals surface area contributed by atoms with E-state index in [4.69, 9.17) is 9.47 Å². The molecule has 2 aromatic rings. The Kier molecular flexibility index (Phi) is 8.29. The van der Waals surface area contributed by atoms with Crippen LogP contribution in [0.15, 0.2) is 24.3 Å². The smallest absolute Gasteiger partial charge is 0.311 e. The van der Waals surface area contributed by atoms with Crippen LogP contribution in [0.1, 0.15) is 108 Å². The zero-order chi connectivity index (χ0) is 24.1. The fourth-order valence-corrected chi connectivity index (χ4v) is 5.46. The van der Waals surface area contributed by atoms with E-state index in [2.05, 4.69) is 58.6 Å². The first-order valence-corrected chi connectivity index (χ1v) is 13.1. The number of unbranched alkanes of at least 4 members (excludes halogenated alkanes) is 3. The van der Waals surface area contributed by atoms with E-state index in [1.165, 1.54) is 41.7 Å². The number of benzene rings is 1. The molecule has 0 N–H and O–H groups in total. The van der Waals surface area contributed by atoms with Gasteiger partial charge in [-0.1, -0.05) is 70.1 Å². The van der Waals surface area contributed by atoms with Crippen LogP contribution in [0, 0.1) is 11.8 Å². The third-order valence-electron chi connectivity index (χ3n) is 6.06. The molecule has 1 aromatic heterocycles. The van der Waals surface area contributed by atoms with Crippen LogP contribution in [-0.2, 0) is 16.6 Å². The lowest BCUT2D eigenvalue weighted by Gasteiger charge is -2.42. The zero-order valence-electron chi connectivity index (χ0n) is 21.1. The summed E-state index contributed by atoms with van der Waals surface area (Å²) in [5, 5.41) is 0.611. The molecular weight excluding hydrogens is 428 g/mol. The van der Waals surface area contributed by atoms with Gasteiger partial charge in [-0.2, -0.15) is 0 Å². The average Bonchev–Trinajstić information content (AvgIpc) is 3.15. The Morgan fingerprint density at radius 1 is 1.06 bits per heavy atom. The van der Waals surface area contributed by atoms with E-state index in [1.807, 2.05) is 19.1 Å². The van der Waals surface area contributed by atoms with Crippen molar-refractivity contribution in [3.63, 3.8) is 0 Å². The first kappa shape index (κ1) is 25.4. The number of carbonyl (C=O) groups is 1. The Morgan fingerprint density at radius 3 is 2.58 bits per heavy atom. The van der Waals surface area contributed by atoms with Crippen molar-refractivity contribution < 1.29 is 14.3 Å². The Balaban J connectivity index is 1.91. The number of aryl methyl sites for hydroxylation is 1. The van der Waals surface area contributed by atoms with E-state index in [-0.39, 0.29) is 17.0 Å². The van der Waals surface area contributed by atoms with Crippen molar-refractivity contribution in [1.29, 1.82) is 0 Å². The summed E-state index contributed by atoms with van der Waals surface area (Å²) in [5.74, 6) is 7.57. The number of rotatable bonds is 8. The van der Waals surface area contributed by atoms with Crippen molar-refractivity contribution in [3.05, 3.63) is 45.8 Å². The molecule has 4 heteroatoms. The molecular formula is C29H38O3S. The summed E-state index contributed by atoms with van der Waals surface area (Å²) >= 11 is 1.42. The van der Waals surface area contributed by atoms with E-state index in [9.17, 15) is 4.79 Å². The van der Waals surface area contributed by atoms with Gasteiger partial charge in [0, 0.05) is 17.5 Å². The number of hydrogen-bond donors (Lipinski definition) is 0. The van der Waals surface area contributed by atoms with Gasteiger partial charge in [0.05, 0.1) is 4.88 Å². The van der Waals surface area contributed by atoms with Gasteiger partial charge in [0.15, 0.2) is 5.06 Å². The lowest BCUT2D eigenvalue weighted by molar-refractivity contribution is -0.134. The summed E-state index contributed by atoms with van der Waals surface area (Å²) in [6, 6.07) is 8.25. The molecule has 0 fully saturated rings. The minimum atomic E-state index is -0.187. The average molecular weight is 467 g/mol. The molecule has 1 aliphatic heterocycles. The van der Waals surface area contributed by atoms with Crippen molar-refractivity contribution in [2.45, 2.75) is 104 Å². The Bertz CT molecular complexity index is 1030. The van der Waals surface area contributed by atoms with Gasteiger partial charge in [0.25, 0.3) is 0 Å². The molecule has 0 saturated heterocycles. The summed E-state index contributed by atoms with van der Waals surface area (Å²) in [7, 11) is 0. The third kappa shape index (κ3) is 6.87. The quantitative estimate of drug-likeness (QED) is 0.226. The number of carbonyl (C=O) groups excluding carboxylic acids is 1. The predicted molar refractivity (Wildman–Crippen MR) is 137 cm³/mol. The molecule has 2 heterocycles. The molecule has 1 aliphatic rings. The van der Waals surface area contributed by atoms with Crippen LogP contribution < -0.4 is 9.47 Å². The summed E-state index contributed by atoms with van der Waals surface area (Å²) in [6.07, 6.45) is 8.07. The number of thiophene rings is 1. The number of fused-ring (bicyclic) bond motifs is 1. The number of esters is 1. The monoisotopic (exact) mass is 466 g/mol. The molecule has 0 amide bonds. The second-order valence-electron chi connectivity index (χ2n) is 10.3. The standard InChI is InChI=1S/C29H38O3S/c1-7-9-10-11-13-21-19-25-24(28(3,4)20-29(5,6)32-25)18-22(21)14-15-23-16-17-27(33-23)31-26(30)12-8-2/h16-19H,7-13,20H2,1-6H3. The van der Waals surface area contributed by atoms with Gasteiger partial charge < -0.3 is 9.47 Å². The number of hydrogen-bond acceptors (Lipinski definition) is 4. The fourth-order valence-electron chi connectivity index (χ4n) is 4.73. The van der Waals surface area contributed by atoms with Crippen LogP contribution in [0.5, 0.6) is 10.8 Å². The maximum Gasteiger partial charge on any atom is 0.311 e. The molecule has 178 valence electrons. The Morgan fingerprint density at radius 2 is 1.85 bits per heavy atom. The van der Waals surface area contributed by atoms with Crippen LogP contribution in [-0.4, -0.2) is 11.6 Å². The summed E-state index contributed by atoms with van der Waals surface area (Å²) in [5.41, 5.74) is 3.43. The van der Waals surface area contributed by atoms with Crippen LogP contribution in [0.3, 0.4) is 0 Å². The van der Waals surface area contributed by atoms with E-state index in [0.717, 1.165) is 41.9 Å². The predicted octanol–water partition coefficient (Wildman–Crippen LogP) is 7.81. The highest BCUT2D eigenvalue weighted by Crippen LogP contribution is 2.45. The molecule has 0 radical (unpaired) electrons. The van der Waals surface area contributed by atoms with Crippen LogP contribution >= 0.6 is 11.3 Å². The van der Waals surface area contributed by atoms with Gasteiger partial charge in [-0.3, -0.25) is 4.79 Å². The third-order valence-corrected chi connectivity index (χ3v) is 6.94. The molecule has 3 nitrogen and oxygen atoms in total. The minimum Gasteiger partial charge on any atom is -0.488 e. The van der Waals surface area contributed by atoms with E-state index >= 15 is 0 Å². The van der Waals surface area contributed by atoms with E-state index in [0.29, 0.717) is 11.5 Å². The second-order valence-corrected chi connectivity index (χ2v) is 11.4. The van der Waals surface area contributed by atoms with Crippen LogP contribution in [0.4, 0.5) is 0 Å². The lowest BCUT2D eigenvalue weighted by Crippen LogP contribution is -2.41.